The first kappa shape index (κ1) is 14.7. The van der Waals surface area contributed by atoms with E-state index in [0.717, 1.165) is 6.42 Å². The first-order chi connectivity index (χ1) is 4.79. The molecule has 2 heteroatoms. The summed E-state index contributed by atoms with van der Waals surface area (Å²) < 4.78 is 0. The Morgan fingerprint density at radius 2 is 1.92 bits per heavy atom. The molecule has 0 amide bonds. The minimum atomic E-state index is 0. The molecule has 12 heavy (non-hydrogen) atoms. The number of rotatable bonds is 2. The van der Waals surface area contributed by atoms with Crippen LogP contribution in [0.3, 0.4) is 0 Å². The van der Waals surface area contributed by atoms with Crippen molar-refractivity contribution in [1.29, 1.82) is 0 Å². The van der Waals surface area contributed by atoms with Gasteiger partial charge in [0.1, 0.15) is 0 Å². The summed E-state index contributed by atoms with van der Waals surface area (Å²) in [5.41, 5.74) is 2.51. The van der Waals surface area contributed by atoms with Gasteiger partial charge in [-0.1, -0.05) is 12.2 Å². The maximum absolute atomic E-state index is 3.84. The Labute approximate surface area is 101 Å². The molecule has 0 aliphatic carbocycles. The summed E-state index contributed by atoms with van der Waals surface area (Å²) in [6.45, 7) is 5.88. The first-order valence-corrected chi connectivity index (χ1v) is 3.38. The molecule has 0 aromatic heterocycles. The predicted octanol–water partition coefficient (Wildman–Crippen LogP) is -0.771. The molecule has 0 heterocycles. The Morgan fingerprint density at radius 1 is 1.42 bits per heavy atom. The average Bonchev–Trinajstić information content (AvgIpc) is 1.88. The van der Waals surface area contributed by atoms with Crippen LogP contribution in [0.1, 0.15) is 12.5 Å². The van der Waals surface area contributed by atoms with Gasteiger partial charge in [0.15, 0.2) is 0 Å². The zero-order valence-electron chi connectivity index (χ0n) is 7.31. The number of halogens is 1. The SMILES string of the molecule is C=C(C)Cc1cc[c-]cc1.[Br-].[Mg+2]. The molecule has 0 aliphatic heterocycles. The number of benzene rings is 1. The third-order valence-corrected chi connectivity index (χ3v) is 1.29. The third kappa shape index (κ3) is 5.81. The average molecular weight is 235 g/mol. The molecule has 0 saturated carbocycles. The van der Waals surface area contributed by atoms with Crippen molar-refractivity contribution < 1.29 is 17.0 Å². The quantitative estimate of drug-likeness (QED) is 0.359. The molecule has 0 N–H and O–H groups in total. The molecule has 0 unspecified atom stereocenters. The minimum Gasteiger partial charge on any atom is -1.00 e. The van der Waals surface area contributed by atoms with Gasteiger partial charge in [-0.3, -0.25) is 0 Å². The van der Waals surface area contributed by atoms with E-state index in [1.807, 2.05) is 19.1 Å². The molecule has 0 bridgehead atoms. The van der Waals surface area contributed by atoms with E-state index >= 15 is 0 Å². The Kier molecular flexibility index (Phi) is 9.61. The molecule has 1 rings (SSSR count). The van der Waals surface area contributed by atoms with E-state index < -0.39 is 0 Å². The second-order valence-electron chi connectivity index (χ2n) is 2.54. The van der Waals surface area contributed by atoms with E-state index in [2.05, 4.69) is 24.8 Å². The van der Waals surface area contributed by atoms with Crippen LogP contribution < -0.4 is 17.0 Å². The Balaban J connectivity index is 0. The van der Waals surface area contributed by atoms with Crippen molar-refractivity contribution in [3.05, 3.63) is 48.0 Å². The first-order valence-electron chi connectivity index (χ1n) is 3.38. The van der Waals surface area contributed by atoms with Gasteiger partial charge in [0.2, 0.25) is 0 Å². The fraction of sp³-hybridized carbons (Fsp3) is 0.200. The molecule has 0 nitrogen and oxygen atoms in total. The van der Waals surface area contributed by atoms with Crippen molar-refractivity contribution in [3.63, 3.8) is 0 Å². The van der Waals surface area contributed by atoms with Gasteiger partial charge in [-0.25, -0.2) is 0 Å². The van der Waals surface area contributed by atoms with Crippen LogP contribution in [0.2, 0.25) is 0 Å². The van der Waals surface area contributed by atoms with Gasteiger partial charge in [0.05, 0.1) is 0 Å². The van der Waals surface area contributed by atoms with Gasteiger partial charge in [0, 0.05) is 0 Å². The van der Waals surface area contributed by atoms with Crippen molar-refractivity contribution >= 4 is 23.1 Å². The van der Waals surface area contributed by atoms with E-state index in [0.29, 0.717) is 0 Å². The normalized spacial score (nSPS) is 7.75. The number of allylic oxidation sites excluding steroid dienone is 1. The van der Waals surface area contributed by atoms with Crippen LogP contribution >= 0.6 is 0 Å². The maximum atomic E-state index is 3.84. The van der Waals surface area contributed by atoms with Gasteiger partial charge >= 0.3 is 23.1 Å². The fourth-order valence-corrected chi connectivity index (χ4v) is 0.888. The molecule has 0 saturated heterocycles. The van der Waals surface area contributed by atoms with Crippen molar-refractivity contribution in [3.8, 4) is 0 Å². The van der Waals surface area contributed by atoms with Crippen LogP contribution in [0.15, 0.2) is 36.4 Å². The van der Waals surface area contributed by atoms with Gasteiger partial charge in [-0.05, 0) is 13.3 Å². The van der Waals surface area contributed by atoms with Crippen molar-refractivity contribution in [1.82, 2.24) is 0 Å². The summed E-state index contributed by atoms with van der Waals surface area (Å²) in [4.78, 5) is 0. The van der Waals surface area contributed by atoms with Crippen LogP contribution in [-0.2, 0) is 6.42 Å². The van der Waals surface area contributed by atoms with Crippen LogP contribution in [-0.4, -0.2) is 23.1 Å². The Morgan fingerprint density at radius 3 is 2.33 bits per heavy atom. The van der Waals surface area contributed by atoms with Crippen LogP contribution in [0.25, 0.3) is 0 Å². The fourth-order valence-electron chi connectivity index (χ4n) is 0.888. The predicted molar refractivity (Wildman–Crippen MR) is 49.6 cm³/mol. The van der Waals surface area contributed by atoms with Gasteiger partial charge < -0.3 is 17.0 Å². The second kappa shape index (κ2) is 7.83. The van der Waals surface area contributed by atoms with Crippen molar-refractivity contribution in [2.75, 3.05) is 0 Å². The standard InChI is InChI=1S/C10H11.BrH.Mg/c1-9(2)8-10-6-4-3-5-7-10;;/h4-7H,1,8H2,2H3;1H;/q-1;;+2/p-1. The number of hydrogen-bond acceptors (Lipinski definition) is 0. The Hall–Kier alpha value is 0.206. The summed E-state index contributed by atoms with van der Waals surface area (Å²) in [6, 6.07) is 11.0. The smallest absolute Gasteiger partial charge is 1.00 e. The monoisotopic (exact) mass is 234 g/mol. The third-order valence-electron chi connectivity index (χ3n) is 1.29. The molecule has 0 atom stereocenters. The van der Waals surface area contributed by atoms with E-state index in [1.165, 1.54) is 11.1 Å². The van der Waals surface area contributed by atoms with E-state index in [4.69, 9.17) is 0 Å². The minimum absolute atomic E-state index is 0. The summed E-state index contributed by atoms with van der Waals surface area (Å²) >= 11 is 0. The van der Waals surface area contributed by atoms with E-state index in [9.17, 15) is 0 Å². The molecule has 1 aromatic rings. The van der Waals surface area contributed by atoms with Crippen LogP contribution in [0, 0.1) is 6.07 Å². The van der Waals surface area contributed by atoms with Crippen molar-refractivity contribution in [2.24, 2.45) is 0 Å². The molecular weight excluding hydrogens is 224 g/mol. The Bertz CT molecular complexity index is 219. The van der Waals surface area contributed by atoms with Gasteiger partial charge in [-0.2, -0.15) is 35.9 Å². The van der Waals surface area contributed by atoms with Crippen LogP contribution in [0.4, 0.5) is 0 Å². The maximum Gasteiger partial charge on any atom is 2.00 e. The second-order valence-corrected chi connectivity index (χ2v) is 2.54. The zero-order chi connectivity index (χ0) is 7.40. The molecule has 60 valence electrons. The summed E-state index contributed by atoms with van der Waals surface area (Å²) in [7, 11) is 0. The van der Waals surface area contributed by atoms with Crippen LogP contribution in [0.5, 0.6) is 0 Å². The molecular formula is C10H11BrMg. The molecule has 0 spiro atoms. The summed E-state index contributed by atoms with van der Waals surface area (Å²) in [6.07, 6.45) is 0.981. The molecule has 1 aromatic carbocycles. The molecule has 0 fully saturated rings. The molecule has 0 aliphatic rings. The summed E-state index contributed by atoms with van der Waals surface area (Å²) in [5, 5.41) is 0. The van der Waals surface area contributed by atoms with E-state index in [-0.39, 0.29) is 40.0 Å². The van der Waals surface area contributed by atoms with Gasteiger partial charge in [0.25, 0.3) is 0 Å². The summed E-state index contributed by atoms with van der Waals surface area (Å²) in [5.74, 6) is 0. The van der Waals surface area contributed by atoms with E-state index in [1.54, 1.807) is 0 Å². The largest absolute Gasteiger partial charge is 2.00 e. The van der Waals surface area contributed by atoms with Crippen molar-refractivity contribution in [2.45, 2.75) is 13.3 Å². The van der Waals surface area contributed by atoms with Gasteiger partial charge in [-0.15, -0.1) is 0 Å². The topological polar surface area (TPSA) is 0 Å². The number of hydrogen-bond donors (Lipinski definition) is 0. The zero-order valence-corrected chi connectivity index (χ0v) is 10.3. The molecule has 0 radical (unpaired) electrons.